The predicted molar refractivity (Wildman–Crippen MR) is 139 cm³/mol. The van der Waals surface area contributed by atoms with Crippen LogP contribution < -0.4 is 10.1 Å². The molecule has 0 spiro atoms. The Balaban J connectivity index is 1.19. The molecule has 0 radical (unpaired) electrons. The first kappa shape index (κ1) is 27.5. The SMILES string of the molecule is Cc1c(CCN2CCN(C(=O)c3ccc(C(F)(F)F)cc3)CC2)ccc(OCCCNCC2CC2)c1C. The molecule has 2 aromatic carbocycles. The van der Waals surface area contributed by atoms with Crippen molar-refractivity contribution in [3.05, 3.63) is 64.2 Å². The molecule has 2 fully saturated rings. The number of hydrogen-bond donors (Lipinski definition) is 1. The summed E-state index contributed by atoms with van der Waals surface area (Å²) in [6, 6.07) is 8.71. The van der Waals surface area contributed by atoms with Crippen LogP contribution >= 0.6 is 0 Å². The van der Waals surface area contributed by atoms with E-state index in [1.54, 1.807) is 4.90 Å². The molecule has 2 aliphatic rings. The lowest BCUT2D eigenvalue weighted by atomic mass is 9.99. The number of nitrogens with zero attached hydrogens (tertiary/aromatic N) is 2. The van der Waals surface area contributed by atoms with Crippen molar-refractivity contribution in [3.63, 3.8) is 0 Å². The molecule has 1 aliphatic carbocycles. The van der Waals surface area contributed by atoms with Crippen molar-refractivity contribution < 1.29 is 22.7 Å². The topological polar surface area (TPSA) is 44.8 Å². The van der Waals surface area contributed by atoms with Crippen molar-refractivity contribution in [1.29, 1.82) is 0 Å². The standard InChI is InChI=1S/C29H38F3N3O2/c1-21-22(2)27(37-19-3-13-33-20-23-4-5-23)11-8-24(21)12-14-34-15-17-35(18-16-34)28(36)25-6-9-26(10-7-25)29(30,31)32/h6-11,23,33H,3-5,12-20H2,1-2H3. The Labute approximate surface area is 218 Å². The van der Waals surface area contributed by atoms with Gasteiger partial charge in [-0.25, -0.2) is 0 Å². The summed E-state index contributed by atoms with van der Waals surface area (Å²) < 4.78 is 44.4. The lowest BCUT2D eigenvalue weighted by Crippen LogP contribution is -2.49. The van der Waals surface area contributed by atoms with Gasteiger partial charge in [-0.2, -0.15) is 13.2 Å². The highest BCUT2D eigenvalue weighted by Gasteiger charge is 2.30. The molecular formula is C29H38F3N3O2. The first-order valence-electron chi connectivity index (χ1n) is 13.3. The van der Waals surface area contributed by atoms with E-state index in [1.807, 2.05) is 0 Å². The van der Waals surface area contributed by atoms with Crippen LogP contribution in [-0.4, -0.2) is 68.1 Å². The molecular weight excluding hydrogens is 479 g/mol. The summed E-state index contributed by atoms with van der Waals surface area (Å²) in [5.74, 6) is 1.64. The molecule has 2 aromatic rings. The van der Waals surface area contributed by atoms with Crippen molar-refractivity contribution in [2.45, 2.75) is 45.7 Å². The molecule has 1 heterocycles. The number of amides is 1. The Morgan fingerprint density at radius 2 is 1.70 bits per heavy atom. The Morgan fingerprint density at radius 3 is 2.35 bits per heavy atom. The fourth-order valence-corrected chi connectivity index (χ4v) is 4.72. The average molecular weight is 518 g/mol. The molecule has 0 aromatic heterocycles. The number of hydrogen-bond acceptors (Lipinski definition) is 4. The van der Waals surface area contributed by atoms with Crippen LogP contribution in [0.1, 0.15) is 51.9 Å². The van der Waals surface area contributed by atoms with Crippen LogP contribution in [0.5, 0.6) is 5.75 Å². The third-order valence-electron chi connectivity index (χ3n) is 7.55. The molecule has 37 heavy (non-hydrogen) atoms. The molecule has 1 saturated heterocycles. The van der Waals surface area contributed by atoms with E-state index in [-0.39, 0.29) is 5.91 Å². The summed E-state index contributed by atoms with van der Waals surface area (Å²) in [6.45, 7) is 10.6. The number of benzene rings is 2. The predicted octanol–water partition coefficient (Wildman–Crippen LogP) is 5.09. The second kappa shape index (κ2) is 12.3. The second-order valence-electron chi connectivity index (χ2n) is 10.3. The molecule has 0 bridgehead atoms. The lowest BCUT2D eigenvalue weighted by Gasteiger charge is -2.35. The fourth-order valence-electron chi connectivity index (χ4n) is 4.72. The van der Waals surface area contributed by atoms with Crippen molar-refractivity contribution in [2.24, 2.45) is 5.92 Å². The van der Waals surface area contributed by atoms with E-state index in [1.165, 1.54) is 41.7 Å². The second-order valence-corrected chi connectivity index (χ2v) is 10.3. The summed E-state index contributed by atoms with van der Waals surface area (Å²) in [6.07, 6.45) is 0.265. The maximum atomic E-state index is 12.8. The highest BCUT2D eigenvalue weighted by Crippen LogP contribution is 2.30. The van der Waals surface area contributed by atoms with Gasteiger partial charge in [-0.15, -0.1) is 0 Å². The highest BCUT2D eigenvalue weighted by atomic mass is 19.4. The summed E-state index contributed by atoms with van der Waals surface area (Å²) in [5, 5.41) is 3.50. The van der Waals surface area contributed by atoms with Gasteiger partial charge in [-0.3, -0.25) is 9.69 Å². The van der Waals surface area contributed by atoms with Crippen molar-refractivity contribution >= 4 is 5.91 Å². The minimum absolute atomic E-state index is 0.214. The highest BCUT2D eigenvalue weighted by molar-refractivity contribution is 5.94. The van der Waals surface area contributed by atoms with Crippen LogP contribution in [0.2, 0.25) is 0 Å². The summed E-state index contributed by atoms with van der Waals surface area (Å²) >= 11 is 0. The van der Waals surface area contributed by atoms with Gasteiger partial charge in [0.25, 0.3) is 5.91 Å². The maximum Gasteiger partial charge on any atom is 0.416 e. The first-order valence-corrected chi connectivity index (χ1v) is 13.3. The Bertz CT molecular complexity index is 1040. The number of nitrogens with one attached hydrogen (secondary N) is 1. The van der Waals surface area contributed by atoms with Crippen molar-refractivity contribution in [2.75, 3.05) is 52.4 Å². The maximum absolute atomic E-state index is 12.8. The van der Waals surface area contributed by atoms with Crippen LogP contribution in [0.25, 0.3) is 0 Å². The van der Waals surface area contributed by atoms with E-state index < -0.39 is 11.7 Å². The van der Waals surface area contributed by atoms with E-state index >= 15 is 0 Å². The molecule has 202 valence electrons. The number of halogens is 3. The Hall–Kier alpha value is -2.58. The monoisotopic (exact) mass is 517 g/mol. The molecule has 1 aliphatic heterocycles. The lowest BCUT2D eigenvalue weighted by molar-refractivity contribution is -0.137. The third kappa shape index (κ3) is 7.71. The zero-order chi connectivity index (χ0) is 26.4. The van der Waals surface area contributed by atoms with E-state index in [0.717, 1.165) is 69.4 Å². The van der Waals surface area contributed by atoms with E-state index in [2.05, 4.69) is 36.2 Å². The number of rotatable bonds is 11. The van der Waals surface area contributed by atoms with Gasteiger partial charge < -0.3 is 15.0 Å². The summed E-state index contributed by atoms with van der Waals surface area (Å²) in [4.78, 5) is 16.8. The number of piperazine rings is 1. The molecule has 1 saturated carbocycles. The van der Waals surface area contributed by atoms with Crippen molar-refractivity contribution in [1.82, 2.24) is 15.1 Å². The minimum atomic E-state index is -4.40. The van der Waals surface area contributed by atoms with E-state index in [4.69, 9.17) is 4.74 Å². The largest absolute Gasteiger partial charge is 0.493 e. The number of carbonyl (C=O) groups excluding carboxylic acids is 1. The molecule has 1 amide bonds. The summed E-state index contributed by atoms with van der Waals surface area (Å²) in [5.41, 5.74) is 3.31. The fraction of sp³-hybridized carbons (Fsp3) is 0.552. The van der Waals surface area contributed by atoms with E-state index in [0.29, 0.717) is 25.3 Å². The quantitative estimate of drug-likeness (QED) is 0.422. The smallest absolute Gasteiger partial charge is 0.416 e. The van der Waals surface area contributed by atoms with Gasteiger partial charge in [-0.1, -0.05) is 6.07 Å². The van der Waals surface area contributed by atoms with Crippen molar-refractivity contribution in [3.8, 4) is 5.75 Å². The van der Waals surface area contributed by atoms with Gasteiger partial charge in [0.15, 0.2) is 0 Å². The van der Waals surface area contributed by atoms with Crippen LogP contribution in [0, 0.1) is 19.8 Å². The number of ether oxygens (including phenoxy) is 1. The molecule has 0 unspecified atom stereocenters. The van der Waals surface area contributed by atoms with Gasteiger partial charge in [-0.05, 0) is 106 Å². The third-order valence-corrected chi connectivity index (χ3v) is 7.55. The van der Waals surface area contributed by atoms with Crippen LogP contribution in [0.4, 0.5) is 13.2 Å². The summed E-state index contributed by atoms with van der Waals surface area (Å²) in [7, 11) is 0. The van der Waals surface area contributed by atoms with Gasteiger partial charge in [0.05, 0.1) is 12.2 Å². The van der Waals surface area contributed by atoms with Gasteiger partial charge in [0, 0.05) is 38.3 Å². The van der Waals surface area contributed by atoms with E-state index in [9.17, 15) is 18.0 Å². The molecule has 5 nitrogen and oxygen atoms in total. The van der Waals surface area contributed by atoms with Gasteiger partial charge in [0.2, 0.25) is 0 Å². The zero-order valence-electron chi connectivity index (χ0n) is 21.9. The van der Waals surface area contributed by atoms with Crippen LogP contribution in [0.15, 0.2) is 36.4 Å². The average Bonchev–Trinajstić information content (AvgIpc) is 3.72. The van der Waals surface area contributed by atoms with Crippen LogP contribution in [0.3, 0.4) is 0 Å². The van der Waals surface area contributed by atoms with Crippen LogP contribution in [-0.2, 0) is 12.6 Å². The molecule has 8 heteroatoms. The van der Waals surface area contributed by atoms with Gasteiger partial charge in [0.1, 0.15) is 5.75 Å². The molecule has 4 rings (SSSR count). The number of alkyl halides is 3. The molecule has 1 N–H and O–H groups in total. The zero-order valence-corrected chi connectivity index (χ0v) is 21.9. The molecule has 0 atom stereocenters. The first-order chi connectivity index (χ1) is 17.7. The number of carbonyl (C=O) groups is 1. The van der Waals surface area contributed by atoms with Gasteiger partial charge >= 0.3 is 6.18 Å². The Morgan fingerprint density at radius 1 is 1.00 bits per heavy atom. The normalized spacial score (nSPS) is 16.7. The Kier molecular flexibility index (Phi) is 9.13. The minimum Gasteiger partial charge on any atom is -0.493 e.